The van der Waals surface area contributed by atoms with Crippen molar-refractivity contribution in [1.29, 1.82) is 0 Å². The van der Waals surface area contributed by atoms with Crippen LogP contribution < -0.4 is 0 Å². The summed E-state index contributed by atoms with van der Waals surface area (Å²) in [6.07, 6.45) is 6.75. The van der Waals surface area contributed by atoms with E-state index in [1.807, 2.05) is 6.07 Å². The number of rotatable bonds is 11. The van der Waals surface area contributed by atoms with Crippen LogP contribution in [0.1, 0.15) is 25.1 Å². The quantitative estimate of drug-likeness (QED) is 0.498. The van der Waals surface area contributed by atoms with Crippen molar-refractivity contribution in [1.82, 2.24) is 9.47 Å². The molecule has 26 heavy (non-hydrogen) atoms. The fourth-order valence-corrected chi connectivity index (χ4v) is 3.08. The summed E-state index contributed by atoms with van der Waals surface area (Å²) in [6, 6.07) is 14.7. The van der Waals surface area contributed by atoms with Crippen LogP contribution in [-0.4, -0.2) is 47.0 Å². The summed E-state index contributed by atoms with van der Waals surface area (Å²) in [5.41, 5.74) is 2.52. The number of terminal acetylenes is 1. The van der Waals surface area contributed by atoms with Gasteiger partial charge in [0.1, 0.15) is 6.61 Å². The molecule has 0 saturated heterocycles. The molecular formula is C22H30N2O2. The van der Waals surface area contributed by atoms with Crippen LogP contribution in [0.3, 0.4) is 0 Å². The summed E-state index contributed by atoms with van der Waals surface area (Å²) in [5.74, 6) is 2.95. The predicted octanol–water partition coefficient (Wildman–Crippen LogP) is 3.01. The Morgan fingerprint density at radius 3 is 2.62 bits per heavy atom. The summed E-state index contributed by atoms with van der Waals surface area (Å²) in [7, 11) is 0. The summed E-state index contributed by atoms with van der Waals surface area (Å²) in [6.45, 7) is 8.03. The molecular weight excluding hydrogens is 324 g/mol. The van der Waals surface area contributed by atoms with Crippen LogP contribution in [0.4, 0.5) is 0 Å². The average Bonchev–Trinajstić information content (AvgIpc) is 3.02. The van der Waals surface area contributed by atoms with E-state index in [0.29, 0.717) is 12.5 Å². The molecule has 0 spiro atoms. The van der Waals surface area contributed by atoms with Crippen LogP contribution in [0.5, 0.6) is 0 Å². The van der Waals surface area contributed by atoms with E-state index in [2.05, 4.69) is 71.8 Å². The van der Waals surface area contributed by atoms with Gasteiger partial charge in [0.25, 0.3) is 0 Å². The zero-order chi connectivity index (χ0) is 18.8. The fraction of sp³-hybridized carbons (Fsp3) is 0.455. The second-order valence-corrected chi connectivity index (χ2v) is 7.07. The van der Waals surface area contributed by atoms with E-state index < -0.39 is 6.10 Å². The van der Waals surface area contributed by atoms with Crippen molar-refractivity contribution in [2.45, 2.75) is 33.0 Å². The number of benzene rings is 1. The molecule has 4 nitrogen and oxygen atoms in total. The van der Waals surface area contributed by atoms with E-state index in [4.69, 9.17) is 11.2 Å². The van der Waals surface area contributed by atoms with Crippen LogP contribution >= 0.6 is 0 Å². The average molecular weight is 354 g/mol. The van der Waals surface area contributed by atoms with Crippen LogP contribution in [0.2, 0.25) is 0 Å². The third-order valence-electron chi connectivity index (χ3n) is 4.09. The molecule has 0 radical (unpaired) electrons. The molecule has 0 amide bonds. The Kier molecular flexibility index (Phi) is 8.43. The maximum Gasteiger partial charge on any atom is 0.107 e. The van der Waals surface area contributed by atoms with Crippen molar-refractivity contribution in [3.05, 3.63) is 59.9 Å². The molecule has 0 saturated carbocycles. The molecule has 2 aromatic rings. The Bertz CT molecular complexity index is 673. The third-order valence-corrected chi connectivity index (χ3v) is 4.09. The maximum absolute atomic E-state index is 10.3. The molecule has 1 N–H and O–H groups in total. The Labute approximate surface area is 157 Å². The second kappa shape index (κ2) is 10.8. The standard InChI is InChI=1S/C22H30N2O2/c1-4-13-26-18-22(25)17-23(14-19(2)3)16-21-11-8-12-24(21)15-20-9-6-5-7-10-20/h1,5-12,19,22,25H,13-18H2,2-3H3/t22-/m0/s1. The summed E-state index contributed by atoms with van der Waals surface area (Å²) >= 11 is 0. The van der Waals surface area contributed by atoms with Crippen LogP contribution in [0.25, 0.3) is 0 Å². The van der Waals surface area contributed by atoms with E-state index in [0.717, 1.165) is 19.6 Å². The van der Waals surface area contributed by atoms with E-state index >= 15 is 0 Å². The van der Waals surface area contributed by atoms with Gasteiger partial charge in [-0.2, -0.15) is 0 Å². The molecule has 2 rings (SSSR count). The van der Waals surface area contributed by atoms with Crippen molar-refractivity contribution >= 4 is 0 Å². The molecule has 4 heteroatoms. The largest absolute Gasteiger partial charge is 0.389 e. The number of nitrogens with zero attached hydrogens (tertiary/aromatic N) is 2. The van der Waals surface area contributed by atoms with Crippen molar-refractivity contribution in [3.8, 4) is 12.3 Å². The van der Waals surface area contributed by atoms with Gasteiger partial charge in [-0.05, 0) is 23.6 Å². The van der Waals surface area contributed by atoms with E-state index in [1.54, 1.807) is 0 Å². The molecule has 1 atom stereocenters. The lowest BCUT2D eigenvalue weighted by Gasteiger charge is -2.27. The molecule has 0 aliphatic heterocycles. The number of aliphatic hydroxyl groups excluding tert-OH is 1. The SMILES string of the molecule is C#CCOC[C@@H](O)CN(Cc1cccn1Cc1ccccc1)CC(C)C. The number of hydrogen-bond donors (Lipinski definition) is 1. The van der Waals surface area contributed by atoms with Gasteiger partial charge in [-0.3, -0.25) is 4.90 Å². The van der Waals surface area contributed by atoms with Crippen molar-refractivity contribution < 1.29 is 9.84 Å². The van der Waals surface area contributed by atoms with Gasteiger partial charge in [0, 0.05) is 38.1 Å². The minimum absolute atomic E-state index is 0.237. The van der Waals surface area contributed by atoms with E-state index in [9.17, 15) is 5.11 Å². The zero-order valence-electron chi connectivity index (χ0n) is 15.8. The monoisotopic (exact) mass is 354 g/mol. The van der Waals surface area contributed by atoms with Gasteiger partial charge in [-0.1, -0.05) is 50.1 Å². The molecule has 1 aromatic heterocycles. The smallest absolute Gasteiger partial charge is 0.107 e. The highest BCUT2D eigenvalue weighted by molar-refractivity contribution is 5.17. The lowest BCUT2D eigenvalue weighted by Crippen LogP contribution is -2.37. The van der Waals surface area contributed by atoms with E-state index in [1.165, 1.54) is 11.3 Å². The number of ether oxygens (including phenoxy) is 1. The minimum atomic E-state index is -0.542. The number of aliphatic hydroxyl groups is 1. The third kappa shape index (κ3) is 7.05. The van der Waals surface area contributed by atoms with Crippen LogP contribution in [0.15, 0.2) is 48.7 Å². The molecule has 0 bridgehead atoms. The lowest BCUT2D eigenvalue weighted by molar-refractivity contribution is 0.0233. The first-order chi connectivity index (χ1) is 12.6. The highest BCUT2D eigenvalue weighted by Gasteiger charge is 2.15. The van der Waals surface area contributed by atoms with Crippen molar-refractivity contribution in [3.63, 3.8) is 0 Å². The maximum atomic E-state index is 10.3. The Balaban J connectivity index is 1.99. The lowest BCUT2D eigenvalue weighted by atomic mass is 10.2. The minimum Gasteiger partial charge on any atom is -0.389 e. The van der Waals surface area contributed by atoms with Gasteiger partial charge in [0.15, 0.2) is 0 Å². The first-order valence-electron chi connectivity index (χ1n) is 9.18. The first-order valence-corrected chi connectivity index (χ1v) is 9.18. The number of hydrogen-bond acceptors (Lipinski definition) is 3. The van der Waals surface area contributed by atoms with Crippen molar-refractivity contribution in [2.24, 2.45) is 5.92 Å². The van der Waals surface area contributed by atoms with Crippen LogP contribution in [-0.2, 0) is 17.8 Å². The second-order valence-electron chi connectivity index (χ2n) is 7.07. The molecule has 0 fully saturated rings. The van der Waals surface area contributed by atoms with Crippen molar-refractivity contribution in [2.75, 3.05) is 26.3 Å². The topological polar surface area (TPSA) is 37.6 Å². The predicted molar refractivity (Wildman–Crippen MR) is 106 cm³/mol. The first kappa shape index (κ1) is 20.3. The Morgan fingerprint density at radius 2 is 1.92 bits per heavy atom. The van der Waals surface area contributed by atoms with Gasteiger partial charge in [0.05, 0.1) is 12.7 Å². The summed E-state index contributed by atoms with van der Waals surface area (Å²) in [5, 5.41) is 10.3. The van der Waals surface area contributed by atoms with Gasteiger partial charge >= 0.3 is 0 Å². The normalized spacial score (nSPS) is 12.5. The number of aromatic nitrogens is 1. The van der Waals surface area contributed by atoms with Gasteiger partial charge < -0.3 is 14.4 Å². The fourth-order valence-electron chi connectivity index (χ4n) is 3.08. The Morgan fingerprint density at radius 1 is 1.15 bits per heavy atom. The summed E-state index contributed by atoms with van der Waals surface area (Å²) < 4.78 is 7.54. The highest BCUT2D eigenvalue weighted by atomic mass is 16.5. The van der Waals surface area contributed by atoms with Crippen LogP contribution in [0, 0.1) is 18.3 Å². The molecule has 0 aliphatic carbocycles. The molecule has 140 valence electrons. The molecule has 0 aliphatic rings. The Hall–Kier alpha value is -2.06. The molecule has 1 aromatic carbocycles. The zero-order valence-corrected chi connectivity index (χ0v) is 15.8. The van der Waals surface area contributed by atoms with Gasteiger partial charge in [-0.15, -0.1) is 6.42 Å². The highest BCUT2D eigenvalue weighted by Crippen LogP contribution is 2.12. The molecule has 1 heterocycles. The van der Waals surface area contributed by atoms with Gasteiger partial charge in [-0.25, -0.2) is 0 Å². The molecule has 0 unspecified atom stereocenters. The van der Waals surface area contributed by atoms with Gasteiger partial charge in [0.2, 0.25) is 0 Å². The summed E-state index contributed by atoms with van der Waals surface area (Å²) in [4.78, 5) is 2.28. The van der Waals surface area contributed by atoms with E-state index in [-0.39, 0.29) is 13.2 Å².